The molecule has 0 saturated carbocycles. The number of hydrogen-bond acceptors (Lipinski definition) is 6. The van der Waals surface area contributed by atoms with Crippen molar-refractivity contribution in [2.24, 2.45) is 0 Å². The van der Waals surface area contributed by atoms with Gasteiger partial charge >= 0.3 is 5.69 Å². The zero-order valence-electron chi connectivity index (χ0n) is 10.7. The number of thioether (sulfide) groups is 1. The number of nitrogens with one attached hydrogen (secondary N) is 1. The van der Waals surface area contributed by atoms with Crippen LogP contribution in [-0.2, 0) is 0 Å². The van der Waals surface area contributed by atoms with E-state index < -0.39 is 4.92 Å². The molecule has 0 bridgehead atoms. The van der Waals surface area contributed by atoms with E-state index in [1.807, 2.05) is 6.92 Å². The molecule has 1 heterocycles. The number of nitrogens with zero attached hydrogens (tertiary/aromatic N) is 3. The Bertz CT molecular complexity index is 401. The Morgan fingerprint density at radius 2 is 2.22 bits per heavy atom. The summed E-state index contributed by atoms with van der Waals surface area (Å²) in [7, 11) is 0. The second-order valence-electron chi connectivity index (χ2n) is 3.77. The lowest BCUT2D eigenvalue weighted by atomic mass is 10.4. The molecule has 0 aromatic carbocycles. The molecule has 1 rings (SSSR count). The van der Waals surface area contributed by atoms with Gasteiger partial charge in [-0.2, -0.15) is 4.98 Å². The molecule has 0 spiro atoms. The molecule has 0 aliphatic carbocycles. The monoisotopic (exact) mass is 270 g/mol. The molecule has 1 N–H and O–H groups in total. The highest BCUT2D eigenvalue weighted by Gasteiger charge is 2.17. The largest absolute Gasteiger partial charge is 0.354 e. The third-order valence-electron chi connectivity index (χ3n) is 2.20. The quantitative estimate of drug-likeness (QED) is 0.257. The first-order valence-corrected chi connectivity index (χ1v) is 7.05. The summed E-state index contributed by atoms with van der Waals surface area (Å²) in [6.45, 7) is 4.88. The highest BCUT2D eigenvalue weighted by atomic mass is 32.2. The Morgan fingerprint density at radius 1 is 1.44 bits per heavy atom. The van der Waals surface area contributed by atoms with Crippen LogP contribution in [0.4, 0.5) is 11.6 Å². The van der Waals surface area contributed by atoms with Crippen molar-refractivity contribution in [3.05, 3.63) is 16.3 Å². The van der Waals surface area contributed by atoms with Crippen molar-refractivity contribution in [2.75, 3.05) is 17.6 Å². The number of nitro groups is 1. The molecule has 0 aliphatic rings. The topological polar surface area (TPSA) is 81.0 Å². The van der Waals surface area contributed by atoms with Crippen LogP contribution in [0.25, 0.3) is 0 Å². The zero-order chi connectivity index (χ0) is 13.4. The minimum atomic E-state index is -0.433. The van der Waals surface area contributed by atoms with E-state index in [9.17, 15) is 10.1 Å². The molecule has 7 heteroatoms. The van der Waals surface area contributed by atoms with Crippen molar-refractivity contribution in [1.29, 1.82) is 0 Å². The molecule has 0 amide bonds. The highest BCUT2D eigenvalue weighted by molar-refractivity contribution is 7.99. The van der Waals surface area contributed by atoms with E-state index in [-0.39, 0.29) is 5.69 Å². The Kier molecular flexibility index (Phi) is 6.42. The van der Waals surface area contributed by atoms with E-state index >= 15 is 0 Å². The maximum absolute atomic E-state index is 10.9. The predicted octanol–water partition coefficient (Wildman–Crippen LogP) is 3.10. The minimum Gasteiger partial charge on any atom is -0.354 e. The van der Waals surface area contributed by atoms with Crippen LogP contribution < -0.4 is 5.32 Å². The van der Waals surface area contributed by atoms with Crippen molar-refractivity contribution in [2.45, 2.75) is 38.1 Å². The molecule has 1 aromatic heterocycles. The standard InChI is InChI=1S/C11H18N4O2S/c1-3-5-7-18-10-9(15(16)17)8-13-11(14-10)12-6-4-2/h8H,3-7H2,1-2H3,(H,12,13,14). The van der Waals surface area contributed by atoms with Crippen molar-refractivity contribution in [3.63, 3.8) is 0 Å². The van der Waals surface area contributed by atoms with Crippen LogP contribution in [0.15, 0.2) is 11.2 Å². The molecule has 1 aromatic rings. The summed E-state index contributed by atoms with van der Waals surface area (Å²) in [5.41, 5.74) is -0.0156. The molecule has 0 atom stereocenters. The van der Waals surface area contributed by atoms with Gasteiger partial charge in [0.05, 0.1) is 4.92 Å². The molecule has 100 valence electrons. The van der Waals surface area contributed by atoms with Gasteiger partial charge in [0.15, 0.2) is 5.03 Å². The zero-order valence-corrected chi connectivity index (χ0v) is 11.5. The summed E-state index contributed by atoms with van der Waals surface area (Å²) in [6.07, 6.45) is 4.31. The molecule has 6 nitrogen and oxygen atoms in total. The average molecular weight is 270 g/mol. The molecular weight excluding hydrogens is 252 g/mol. The van der Waals surface area contributed by atoms with Crippen LogP contribution in [0.3, 0.4) is 0 Å². The SMILES string of the molecule is CCCCSc1nc(NCCC)ncc1[N+](=O)[O-]. The Hall–Kier alpha value is -1.37. The molecule has 0 unspecified atom stereocenters. The number of hydrogen-bond donors (Lipinski definition) is 1. The Balaban J connectivity index is 2.82. The van der Waals surface area contributed by atoms with Crippen LogP contribution in [0.5, 0.6) is 0 Å². The smallest absolute Gasteiger partial charge is 0.319 e. The van der Waals surface area contributed by atoms with Gasteiger partial charge in [-0.1, -0.05) is 32.0 Å². The van der Waals surface area contributed by atoms with Gasteiger partial charge in [0.25, 0.3) is 0 Å². The lowest BCUT2D eigenvalue weighted by Gasteiger charge is -2.05. The second-order valence-corrected chi connectivity index (χ2v) is 4.85. The van der Waals surface area contributed by atoms with Crippen molar-refractivity contribution in [3.8, 4) is 0 Å². The first-order chi connectivity index (χ1) is 8.69. The van der Waals surface area contributed by atoms with Gasteiger partial charge in [-0.25, -0.2) is 4.98 Å². The average Bonchev–Trinajstić information content (AvgIpc) is 2.36. The lowest BCUT2D eigenvalue weighted by molar-refractivity contribution is -0.388. The summed E-state index contributed by atoms with van der Waals surface area (Å²) < 4.78 is 0. The summed E-state index contributed by atoms with van der Waals surface area (Å²) in [4.78, 5) is 18.6. The maximum Gasteiger partial charge on any atom is 0.319 e. The van der Waals surface area contributed by atoms with E-state index in [1.165, 1.54) is 18.0 Å². The van der Waals surface area contributed by atoms with Gasteiger partial charge in [0.1, 0.15) is 6.20 Å². The number of unbranched alkanes of at least 4 members (excludes halogenated alkanes) is 1. The van der Waals surface area contributed by atoms with E-state index in [0.29, 0.717) is 11.0 Å². The molecule has 0 fully saturated rings. The third-order valence-corrected chi connectivity index (χ3v) is 3.27. The van der Waals surface area contributed by atoms with Gasteiger partial charge in [0.2, 0.25) is 5.95 Å². The van der Waals surface area contributed by atoms with Gasteiger partial charge in [-0.15, -0.1) is 0 Å². The highest BCUT2D eigenvalue weighted by Crippen LogP contribution is 2.27. The first-order valence-electron chi connectivity index (χ1n) is 6.07. The molecule has 0 saturated heterocycles. The molecule has 0 radical (unpaired) electrons. The summed E-state index contributed by atoms with van der Waals surface area (Å²) in [6, 6.07) is 0. The van der Waals surface area contributed by atoms with E-state index in [0.717, 1.165) is 31.6 Å². The third kappa shape index (κ3) is 4.48. The summed E-state index contributed by atoms with van der Waals surface area (Å²) in [5.74, 6) is 1.29. The molecule has 18 heavy (non-hydrogen) atoms. The van der Waals surface area contributed by atoms with Gasteiger partial charge < -0.3 is 5.32 Å². The van der Waals surface area contributed by atoms with E-state index in [2.05, 4.69) is 22.2 Å². The van der Waals surface area contributed by atoms with Crippen LogP contribution in [0.1, 0.15) is 33.1 Å². The fourth-order valence-electron chi connectivity index (χ4n) is 1.23. The maximum atomic E-state index is 10.9. The Labute approximate surface area is 111 Å². The number of anilines is 1. The number of aromatic nitrogens is 2. The second kappa shape index (κ2) is 7.86. The van der Waals surface area contributed by atoms with Crippen LogP contribution in [0, 0.1) is 10.1 Å². The fourth-order valence-corrected chi connectivity index (χ4v) is 2.28. The van der Waals surface area contributed by atoms with Gasteiger partial charge in [0, 0.05) is 6.54 Å². The molecule has 0 aliphatic heterocycles. The first kappa shape index (κ1) is 14.7. The summed E-state index contributed by atoms with van der Waals surface area (Å²) >= 11 is 1.41. The van der Waals surface area contributed by atoms with E-state index in [1.54, 1.807) is 0 Å². The van der Waals surface area contributed by atoms with Crippen LogP contribution in [0.2, 0.25) is 0 Å². The van der Waals surface area contributed by atoms with Gasteiger partial charge in [-0.3, -0.25) is 10.1 Å². The van der Waals surface area contributed by atoms with Crippen LogP contribution in [-0.4, -0.2) is 27.2 Å². The van der Waals surface area contributed by atoms with Crippen LogP contribution >= 0.6 is 11.8 Å². The fraction of sp³-hybridized carbons (Fsp3) is 0.636. The lowest BCUT2D eigenvalue weighted by Crippen LogP contribution is -2.06. The van der Waals surface area contributed by atoms with Crippen molar-refractivity contribution in [1.82, 2.24) is 9.97 Å². The Morgan fingerprint density at radius 3 is 2.83 bits per heavy atom. The normalized spacial score (nSPS) is 10.3. The minimum absolute atomic E-state index is 0.0156. The van der Waals surface area contributed by atoms with E-state index in [4.69, 9.17) is 0 Å². The predicted molar refractivity (Wildman–Crippen MR) is 73.1 cm³/mol. The van der Waals surface area contributed by atoms with Crippen molar-refractivity contribution >= 4 is 23.4 Å². The van der Waals surface area contributed by atoms with Crippen molar-refractivity contribution < 1.29 is 4.92 Å². The number of rotatable bonds is 8. The molecular formula is C11H18N4O2S. The van der Waals surface area contributed by atoms with Gasteiger partial charge in [-0.05, 0) is 18.6 Å². The summed E-state index contributed by atoms with van der Waals surface area (Å²) in [5, 5.41) is 14.4.